The summed E-state index contributed by atoms with van der Waals surface area (Å²) in [5, 5.41) is 10.9. The maximum absolute atomic E-state index is 10.5. The molecule has 0 heterocycles. The monoisotopic (exact) mass is 215 g/mol. The van der Waals surface area contributed by atoms with Crippen LogP contribution in [0.2, 0.25) is 5.02 Å². The maximum Gasteiger partial charge on any atom is 0.271 e. The van der Waals surface area contributed by atoms with Crippen molar-refractivity contribution in [3.8, 4) is 0 Å². The molecule has 4 nitrogen and oxygen atoms in total. The molecular weight excluding hydrogens is 204 g/mol. The summed E-state index contributed by atoms with van der Waals surface area (Å²) >= 11 is 5.94. The molecule has 0 amide bonds. The predicted octanol–water partition coefficient (Wildman–Crippen LogP) is 2.44. The first-order valence-corrected chi connectivity index (χ1v) is 4.46. The van der Waals surface area contributed by atoms with Crippen molar-refractivity contribution in [1.29, 1.82) is 0 Å². The topological polar surface area (TPSA) is 43.1 Å². The van der Waals surface area contributed by atoms with E-state index in [0.29, 0.717) is 9.51 Å². The Bertz CT molecular complexity index is 372. The fourth-order valence-electron chi connectivity index (χ4n) is 1.15. The summed E-state index contributed by atoms with van der Waals surface area (Å²) in [7, 11) is 5.85. The van der Waals surface area contributed by atoms with Crippen LogP contribution >= 0.6 is 11.6 Å². The van der Waals surface area contributed by atoms with Gasteiger partial charge in [0, 0.05) is 18.2 Å². The predicted molar refractivity (Wildman–Crippen MR) is 57.7 cm³/mol. The third-order valence-corrected chi connectivity index (χ3v) is 2.17. The average molecular weight is 216 g/mol. The number of quaternary nitrogens is 1. The summed E-state index contributed by atoms with van der Waals surface area (Å²) in [6.07, 6.45) is 0. The second-order valence-corrected chi connectivity index (χ2v) is 4.31. The first kappa shape index (κ1) is 10.9. The number of non-ortho nitro benzene ring substituents is 1. The molecule has 0 atom stereocenters. The zero-order chi connectivity index (χ0) is 10.9. The van der Waals surface area contributed by atoms with Crippen LogP contribution in [-0.2, 0) is 0 Å². The summed E-state index contributed by atoms with van der Waals surface area (Å²) in [6.45, 7) is 0. The number of benzene rings is 1. The molecule has 76 valence electrons. The highest BCUT2D eigenvalue weighted by Gasteiger charge is 2.19. The Morgan fingerprint density at radius 2 is 1.93 bits per heavy atom. The van der Waals surface area contributed by atoms with Crippen LogP contribution in [-0.4, -0.2) is 26.1 Å². The third-order valence-electron chi connectivity index (χ3n) is 1.86. The van der Waals surface area contributed by atoms with Gasteiger partial charge in [-0.3, -0.25) is 14.6 Å². The molecule has 1 rings (SSSR count). The number of nitrogens with zero attached hydrogens (tertiary/aromatic N) is 2. The molecule has 5 heteroatoms. The lowest BCUT2D eigenvalue weighted by molar-refractivity contribution is -0.384. The maximum atomic E-state index is 10.5. The summed E-state index contributed by atoms with van der Waals surface area (Å²) in [6, 6.07) is 4.52. The number of hydrogen-bond donors (Lipinski definition) is 0. The van der Waals surface area contributed by atoms with Gasteiger partial charge in [-0.15, -0.1) is 0 Å². The van der Waals surface area contributed by atoms with E-state index >= 15 is 0 Å². The van der Waals surface area contributed by atoms with Crippen LogP contribution in [0.3, 0.4) is 0 Å². The first-order valence-electron chi connectivity index (χ1n) is 4.08. The molecule has 14 heavy (non-hydrogen) atoms. The Labute approximate surface area is 87.5 Å². The fourth-order valence-corrected chi connectivity index (χ4v) is 1.58. The van der Waals surface area contributed by atoms with E-state index in [4.69, 9.17) is 11.6 Å². The van der Waals surface area contributed by atoms with Gasteiger partial charge in [0.1, 0.15) is 5.02 Å². The molecule has 0 unspecified atom stereocenters. The highest BCUT2D eigenvalue weighted by molar-refractivity contribution is 6.33. The lowest BCUT2D eigenvalue weighted by Gasteiger charge is -2.24. The van der Waals surface area contributed by atoms with E-state index in [0.717, 1.165) is 5.69 Å². The van der Waals surface area contributed by atoms with Crippen LogP contribution < -0.4 is 4.48 Å². The second kappa shape index (κ2) is 3.55. The van der Waals surface area contributed by atoms with Gasteiger partial charge in [0.2, 0.25) is 0 Å². The SMILES string of the molecule is C[N+](C)(C)c1ccc([N+](=O)[O-])cc1Cl. The number of nitro benzene ring substituents is 1. The Morgan fingerprint density at radius 3 is 2.29 bits per heavy atom. The smallest absolute Gasteiger partial charge is 0.271 e. The van der Waals surface area contributed by atoms with Gasteiger partial charge in [-0.1, -0.05) is 11.6 Å². The molecule has 0 fully saturated rings. The lowest BCUT2D eigenvalue weighted by Crippen LogP contribution is -2.34. The van der Waals surface area contributed by atoms with Crippen LogP contribution in [0.4, 0.5) is 11.4 Å². The highest BCUT2D eigenvalue weighted by Crippen LogP contribution is 2.30. The van der Waals surface area contributed by atoms with Crippen LogP contribution in [0.15, 0.2) is 18.2 Å². The average Bonchev–Trinajstić information content (AvgIpc) is 2.01. The Kier molecular flexibility index (Phi) is 2.78. The number of halogens is 1. The van der Waals surface area contributed by atoms with Crippen molar-refractivity contribution in [1.82, 2.24) is 4.48 Å². The normalized spacial score (nSPS) is 11.4. The molecule has 1 aromatic carbocycles. The summed E-state index contributed by atoms with van der Waals surface area (Å²) in [4.78, 5) is 10.0. The van der Waals surface area contributed by atoms with Crippen LogP contribution in [0, 0.1) is 10.1 Å². The summed E-state index contributed by atoms with van der Waals surface area (Å²) in [5.74, 6) is 0. The molecule has 0 aliphatic heterocycles. The Balaban J connectivity index is 3.21. The number of rotatable bonds is 2. The van der Waals surface area contributed by atoms with Crippen molar-refractivity contribution in [3.63, 3.8) is 0 Å². The minimum Gasteiger partial charge on any atom is -0.297 e. The van der Waals surface area contributed by atoms with Gasteiger partial charge in [-0.05, 0) is 0 Å². The van der Waals surface area contributed by atoms with Gasteiger partial charge in [-0.2, -0.15) is 0 Å². The van der Waals surface area contributed by atoms with Gasteiger partial charge >= 0.3 is 0 Å². The molecule has 0 N–H and O–H groups in total. The molecule has 0 spiro atoms. The molecule has 0 aliphatic carbocycles. The fraction of sp³-hybridized carbons (Fsp3) is 0.333. The molecule has 0 aliphatic rings. The van der Waals surface area contributed by atoms with E-state index in [9.17, 15) is 10.1 Å². The minimum absolute atomic E-state index is 0.0206. The zero-order valence-electron chi connectivity index (χ0n) is 8.32. The first-order chi connectivity index (χ1) is 6.32. The van der Waals surface area contributed by atoms with Crippen LogP contribution in [0.5, 0.6) is 0 Å². The highest BCUT2D eigenvalue weighted by atomic mass is 35.5. The standard InChI is InChI=1S/C9H12ClN2O2/c1-12(2,3)9-5-4-7(11(13)14)6-8(9)10/h4-6H,1-3H3/q+1. The molecule has 0 bridgehead atoms. The van der Waals surface area contributed by atoms with Crippen LogP contribution in [0.25, 0.3) is 0 Å². The van der Waals surface area contributed by atoms with Crippen molar-refractivity contribution >= 4 is 23.0 Å². The van der Waals surface area contributed by atoms with Gasteiger partial charge in [0.15, 0.2) is 5.69 Å². The second-order valence-electron chi connectivity index (χ2n) is 3.91. The largest absolute Gasteiger partial charge is 0.297 e. The van der Waals surface area contributed by atoms with Crippen LogP contribution in [0.1, 0.15) is 0 Å². The van der Waals surface area contributed by atoms with Gasteiger partial charge in [0.05, 0.1) is 26.1 Å². The molecule has 0 aromatic heterocycles. The van der Waals surface area contributed by atoms with E-state index in [1.54, 1.807) is 6.07 Å². The molecule has 0 saturated heterocycles. The summed E-state index contributed by atoms with van der Waals surface area (Å²) in [5.41, 5.74) is 0.879. The van der Waals surface area contributed by atoms with Gasteiger partial charge in [-0.25, -0.2) is 0 Å². The van der Waals surface area contributed by atoms with Crippen molar-refractivity contribution in [2.24, 2.45) is 0 Å². The minimum atomic E-state index is -0.453. The zero-order valence-corrected chi connectivity index (χ0v) is 9.08. The molecular formula is C9H12ClN2O2+. The van der Waals surface area contributed by atoms with Crippen molar-refractivity contribution < 1.29 is 4.92 Å². The Morgan fingerprint density at radius 1 is 1.36 bits per heavy atom. The van der Waals surface area contributed by atoms with Crippen molar-refractivity contribution in [2.75, 3.05) is 21.1 Å². The quantitative estimate of drug-likeness (QED) is 0.432. The molecule has 1 aromatic rings. The number of hydrogen-bond acceptors (Lipinski definition) is 2. The van der Waals surface area contributed by atoms with Crippen molar-refractivity contribution in [3.05, 3.63) is 33.3 Å². The molecule has 0 radical (unpaired) electrons. The van der Waals surface area contributed by atoms with E-state index in [1.807, 2.05) is 21.1 Å². The summed E-state index contributed by atoms with van der Waals surface area (Å²) < 4.78 is 0.539. The van der Waals surface area contributed by atoms with E-state index < -0.39 is 4.92 Å². The third kappa shape index (κ3) is 2.21. The van der Waals surface area contributed by atoms with Gasteiger partial charge in [0.25, 0.3) is 5.69 Å². The Hall–Kier alpha value is -1.13. The van der Waals surface area contributed by atoms with Crippen molar-refractivity contribution in [2.45, 2.75) is 0 Å². The number of nitro groups is 1. The lowest BCUT2D eigenvalue weighted by atomic mass is 10.2. The van der Waals surface area contributed by atoms with E-state index in [1.165, 1.54) is 12.1 Å². The van der Waals surface area contributed by atoms with E-state index in [2.05, 4.69) is 0 Å². The molecule has 0 saturated carbocycles. The van der Waals surface area contributed by atoms with Gasteiger partial charge < -0.3 is 0 Å². The van der Waals surface area contributed by atoms with E-state index in [-0.39, 0.29) is 5.69 Å².